The van der Waals surface area contributed by atoms with E-state index in [1.807, 2.05) is 37.3 Å². The van der Waals surface area contributed by atoms with Crippen molar-refractivity contribution in [2.45, 2.75) is 26.7 Å². The van der Waals surface area contributed by atoms with Crippen LogP contribution in [0.2, 0.25) is 0 Å². The molecule has 0 unspecified atom stereocenters. The van der Waals surface area contributed by atoms with E-state index >= 15 is 0 Å². The summed E-state index contributed by atoms with van der Waals surface area (Å²) in [4.78, 5) is 16.9. The van der Waals surface area contributed by atoms with E-state index in [0.29, 0.717) is 23.9 Å². The average Bonchev–Trinajstić information content (AvgIpc) is 3.04. The van der Waals surface area contributed by atoms with Crippen molar-refractivity contribution in [1.82, 2.24) is 4.98 Å². The van der Waals surface area contributed by atoms with Gasteiger partial charge in [-0.1, -0.05) is 24.7 Å². The van der Waals surface area contributed by atoms with Crippen LogP contribution in [-0.4, -0.2) is 24.1 Å². The van der Waals surface area contributed by atoms with Crippen LogP contribution in [0.3, 0.4) is 0 Å². The molecule has 0 saturated heterocycles. The summed E-state index contributed by atoms with van der Waals surface area (Å²) in [5.41, 5.74) is 1.41. The SMILES string of the molecule is CCCCOc1ccc(C(=O)Nc2nc3ccc(OCC)cc3s2)cc1. The number of carbonyl (C=O) groups excluding carboxylic acids is 1. The second-order valence-corrected chi connectivity index (χ2v) is 6.79. The lowest BCUT2D eigenvalue weighted by Crippen LogP contribution is -2.11. The zero-order valence-electron chi connectivity index (χ0n) is 15.0. The Labute approximate surface area is 157 Å². The van der Waals surface area contributed by atoms with Crippen molar-refractivity contribution in [3.63, 3.8) is 0 Å². The minimum absolute atomic E-state index is 0.186. The number of benzene rings is 2. The predicted octanol–water partition coefficient (Wildman–Crippen LogP) is 5.13. The molecule has 6 heteroatoms. The van der Waals surface area contributed by atoms with Gasteiger partial charge in [-0.25, -0.2) is 4.98 Å². The van der Waals surface area contributed by atoms with E-state index in [1.54, 1.807) is 12.1 Å². The summed E-state index contributed by atoms with van der Waals surface area (Å²) < 4.78 is 12.1. The summed E-state index contributed by atoms with van der Waals surface area (Å²) in [5, 5.41) is 3.43. The normalized spacial score (nSPS) is 10.7. The number of rotatable bonds is 8. The Morgan fingerprint density at radius 1 is 1.08 bits per heavy atom. The summed E-state index contributed by atoms with van der Waals surface area (Å²) in [6.45, 7) is 5.38. The fraction of sp³-hybridized carbons (Fsp3) is 0.300. The van der Waals surface area contributed by atoms with Gasteiger partial charge in [-0.15, -0.1) is 0 Å². The molecule has 5 nitrogen and oxygen atoms in total. The standard InChI is InChI=1S/C20H22N2O3S/c1-3-5-12-25-15-8-6-14(7-9-15)19(23)22-20-21-17-11-10-16(24-4-2)13-18(17)26-20/h6-11,13H,3-5,12H2,1-2H3,(H,21,22,23). The molecule has 2 aromatic carbocycles. The van der Waals surface area contributed by atoms with Crippen molar-refractivity contribution in [2.24, 2.45) is 0 Å². The van der Waals surface area contributed by atoms with Crippen molar-refractivity contribution in [1.29, 1.82) is 0 Å². The third-order valence-electron chi connectivity index (χ3n) is 3.77. The van der Waals surface area contributed by atoms with Crippen LogP contribution in [0.5, 0.6) is 11.5 Å². The smallest absolute Gasteiger partial charge is 0.257 e. The number of amides is 1. The Morgan fingerprint density at radius 3 is 2.58 bits per heavy atom. The van der Waals surface area contributed by atoms with Crippen molar-refractivity contribution < 1.29 is 14.3 Å². The van der Waals surface area contributed by atoms with Gasteiger partial charge >= 0.3 is 0 Å². The maximum absolute atomic E-state index is 12.4. The number of nitrogens with zero attached hydrogens (tertiary/aromatic N) is 1. The van der Waals surface area contributed by atoms with Crippen LogP contribution < -0.4 is 14.8 Å². The number of aromatic nitrogens is 1. The topological polar surface area (TPSA) is 60.5 Å². The van der Waals surface area contributed by atoms with Crippen LogP contribution in [0.15, 0.2) is 42.5 Å². The first-order valence-electron chi connectivity index (χ1n) is 8.77. The van der Waals surface area contributed by atoms with E-state index in [0.717, 1.165) is 34.6 Å². The van der Waals surface area contributed by atoms with Crippen LogP contribution in [0.4, 0.5) is 5.13 Å². The lowest BCUT2D eigenvalue weighted by Gasteiger charge is -2.06. The van der Waals surface area contributed by atoms with Gasteiger partial charge < -0.3 is 9.47 Å². The van der Waals surface area contributed by atoms with Gasteiger partial charge in [-0.05, 0) is 55.8 Å². The third kappa shape index (κ3) is 4.52. The summed E-state index contributed by atoms with van der Waals surface area (Å²) in [7, 11) is 0. The first kappa shape index (κ1) is 18.2. The zero-order chi connectivity index (χ0) is 18.4. The largest absolute Gasteiger partial charge is 0.494 e. The molecule has 0 aliphatic carbocycles. The highest BCUT2D eigenvalue weighted by Crippen LogP contribution is 2.29. The molecule has 0 saturated carbocycles. The molecule has 1 aromatic heterocycles. The van der Waals surface area contributed by atoms with E-state index in [9.17, 15) is 4.79 Å². The van der Waals surface area contributed by atoms with Crippen molar-refractivity contribution in [2.75, 3.05) is 18.5 Å². The van der Waals surface area contributed by atoms with Crippen LogP contribution in [0.1, 0.15) is 37.0 Å². The van der Waals surface area contributed by atoms with E-state index < -0.39 is 0 Å². The molecule has 0 spiro atoms. The van der Waals surface area contributed by atoms with Gasteiger partial charge in [0.25, 0.3) is 5.91 Å². The van der Waals surface area contributed by atoms with Crippen molar-refractivity contribution in [3.8, 4) is 11.5 Å². The number of unbranched alkanes of at least 4 members (excludes halogenated alkanes) is 1. The molecule has 0 aliphatic rings. The Kier molecular flexibility index (Phi) is 6.07. The van der Waals surface area contributed by atoms with Crippen LogP contribution in [0.25, 0.3) is 10.2 Å². The van der Waals surface area contributed by atoms with Gasteiger partial charge in [0.15, 0.2) is 5.13 Å². The first-order valence-corrected chi connectivity index (χ1v) is 9.59. The molecule has 0 fully saturated rings. The maximum atomic E-state index is 12.4. The Morgan fingerprint density at radius 2 is 1.85 bits per heavy atom. The highest BCUT2D eigenvalue weighted by atomic mass is 32.1. The minimum Gasteiger partial charge on any atom is -0.494 e. The molecular weight excluding hydrogens is 348 g/mol. The number of fused-ring (bicyclic) bond motifs is 1. The molecule has 1 amide bonds. The number of ether oxygens (including phenoxy) is 2. The van der Waals surface area contributed by atoms with Crippen molar-refractivity contribution in [3.05, 3.63) is 48.0 Å². The number of anilines is 1. The lowest BCUT2D eigenvalue weighted by molar-refractivity contribution is 0.102. The number of nitrogens with one attached hydrogen (secondary N) is 1. The molecule has 0 bridgehead atoms. The molecular formula is C20H22N2O3S. The van der Waals surface area contributed by atoms with Crippen LogP contribution in [0, 0.1) is 0 Å². The number of hydrogen-bond acceptors (Lipinski definition) is 5. The fourth-order valence-corrected chi connectivity index (χ4v) is 3.31. The summed E-state index contributed by atoms with van der Waals surface area (Å²) in [6, 6.07) is 12.9. The summed E-state index contributed by atoms with van der Waals surface area (Å²) >= 11 is 1.43. The molecule has 136 valence electrons. The van der Waals surface area contributed by atoms with Crippen molar-refractivity contribution >= 4 is 32.6 Å². The van der Waals surface area contributed by atoms with E-state index in [4.69, 9.17) is 9.47 Å². The van der Waals surface area contributed by atoms with Crippen LogP contribution in [-0.2, 0) is 0 Å². The summed E-state index contributed by atoms with van der Waals surface area (Å²) in [5.74, 6) is 1.40. The molecule has 26 heavy (non-hydrogen) atoms. The molecule has 0 radical (unpaired) electrons. The van der Waals surface area contributed by atoms with Gasteiger partial charge in [0, 0.05) is 5.56 Å². The van der Waals surface area contributed by atoms with Crippen LogP contribution >= 0.6 is 11.3 Å². The highest BCUT2D eigenvalue weighted by Gasteiger charge is 2.11. The Bertz CT molecular complexity index is 874. The monoisotopic (exact) mass is 370 g/mol. The molecule has 1 N–H and O–H groups in total. The van der Waals surface area contributed by atoms with Gasteiger partial charge in [-0.2, -0.15) is 0 Å². The second-order valence-electron chi connectivity index (χ2n) is 5.76. The summed E-state index contributed by atoms with van der Waals surface area (Å²) in [6.07, 6.45) is 2.11. The van der Waals surface area contributed by atoms with E-state index in [1.165, 1.54) is 11.3 Å². The van der Waals surface area contributed by atoms with Gasteiger partial charge in [0.2, 0.25) is 0 Å². The number of thiazole rings is 1. The quantitative estimate of drug-likeness (QED) is 0.559. The average molecular weight is 370 g/mol. The van der Waals surface area contributed by atoms with E-state index in [-0.39, 0.29) is 5.91 Å². The fourth-order valence-electron chi connectivity index (χ4n) is 2.42. The molecule has 0 atom stereocenters. The zero-order valence-corrected chi connectivity index (χ0v) is 15.8. The maximum Gasteiger partial charge on any atom is 0.257 e. The Balaban J connectivity index is 1.66. The number of carbonyl (C=O) groups is 1. The third-order valence-corrected chi connectivity index (χ3v) is 4.71. The van der Waals surface area contributed by atoms with Gasteiger partial charge in [0.1, 0.15) is 11.5 Å². The van der Waals surface area contributed by atoms with Gasteiger partial charge in [0.05, 0.1) is 23.4 Å². The number of hydrogen-bond donors (Lipinski definition) is 1. The molecule has 0 aliphatic heterocycles. The molecule has 3 rings (SSSR count). The highest BCUT2D eigenvalue weighted by molar-refractivity contribution is 7.22. The van der Waals surface area contributed by atoms with Gasteiger partial charge in [-0.3, -0.25) is 10.1 Å². The molecule has 1 heterocycles. The first-order chi connectivity index (χ1) is 12.7. The minimum atomic E-state index is -0.186. The van der Waals surface area contributed by atoms with E-state index in [2.05, 4.69) is 17.2 Å². The second kappa shape index (κ2) is 8.67. The lowest BCUT2D eigenvalue weighted by atomic mass is 10.2. The Hall–Kier alpha value is -2.60. The predicted molar refractivity (Wildman–Crippen MR) is 106 cm³/mol. The molecule has 3 aromatic rings.